The minimum atomic E-state index is -0.857. The predicted molar refractivity (Wildman–Crippen MR) is 56.5 cm³/mol. The van der Waals surface area contributed by atoms with Gasteiger partial charge in [-0.1, -0.05) is 6.92 Å². The summed E-state index contributed by atoms with van der Waals surface area (Å²) < 4.78 is 1.70. The van der Waals surface area contributed by atoms with Crippen molar-refractivity contribution >= 4 is 5.91 Å². The third kappa shape index (κ3) is 3.36. The van der Waals surface area contributed by atoms with Crippen LogP contribution in [0.5, 0.6) is 0 Å². The summed E-state index contributed by atoms with van der Waals surface area (Å²) >= 11 is 0. The molecule has 5 nitrogen and oxygen atoms in total. The Balaban J connectivity index is 2.50. The molecule has 0 aliphatic heterocycles. The molecule has 0 radical (unpaired) electrons. The Kier molecular flexibility index (Phi) is 3.47. The number of carbonyl (C=O) groups excluding carboxylic acids is 1. The number of imidazole rings is 1. The van der Waals surface area contributed by atoms with E-state index in [9.17, 15) is 9.90 Å². The van der Waals surface area contributed by atoms with Crippen molar-refractivity contribution in [1.29, 1.82) is 0 Å². The number of carbonyl (C=O) groups is 1. The molecule has 0 saturated heterocycles. The second kappa shape index (κ2) is 4.44. The van der Waals surface area contributed by atoms with E-state index in [1.807, 2.05) is 6.92 Å². The molecule has 1 aromatic rings. The molecule has 1 rings (SSSR count). The highest BCUT2D eigenvalue weighted by Gasteiger charge is 2.19. The SMILES string of the molecule is CCC(C)(O)CNC(=O)c1cn(C)cn1. The van der Waals surface area contributed by atoms with Gasteiger partial charge in [-0.15, -0.1) is 0 Å². The number of nitrogens with one attached hydrogen (secondary N) is 1. The van der Waals surface area contributed by atoms with Crippen molar-refractivity contribution in [3.63, 3.8) is 0 Å². The van der Waals surface area contributed by atoms with Crippen molar-refractivity contribution in [2.24, 2.45) is 7.05 Å². The van der Waals surface area contributed by atoms with Crippen LogP contribution in [0.15, 0.2) is 12.5 Å². The molecule has 1 atom stereocenters. The Morgan fingerprint density at radius 1 is 1.73 bits per heavy atom. The fraction of sp³-hybridized carbons (Fsp3) is 0.600. The molecule has 1 unspecified atom stereocenters. The van der Waals surface area contributed by atoms with Gasteiger partial charge in [-0.05, 0) is 13.3 Å². The maximum absolute atomic E-state index is 11.5. The highest BCUT2D eigenvalue weighted by molar-refractivity contribution is 5.92. The molecular weight excluding hydrogens is 194 g/mol. The van der Waals surface area contributed by atoms with Crippen LogP contribution in [0.1, 0.15) is 30.8 Å². The molecule has 0 aromatic carbocycles. The summed E-state index contributed by atoms with van der Waals surface area (Å²) in [5.41, 5.74) is -0.492. The van der Waals surface area contributed by atoms with Crippen molar-refractivity contribution < 1.29 is 9.90 Å². The number of amides is 1. The number of rotatable bonds is 4. The normalized spacial score (nSPS) is 14.7. The molecule has 84 valence electrons. The van der Waals surface area contributed by atoms with E-state index >= 15 is 0 Å². The lowest BCUT2D eigenvalue weighted by Crippen LogP contribution is -2.40. The van der Waals surface area contributed by atoms with Crippen molar-refractivity contribution in [3.8, 4) is 0 Å². The van der Waals surface area contributed by atoms with E-state index in [1.165, 1.54) is 0 Å². The summed E-state index contributed by atoms with van der Waals surface area (Å²) in [6.45, 7) is 3.79. The number of aryl methyl sites for hydroxylation is 1. The highest BCUT2D eigenvalue weighted by atomic mass is 16.3. The van der Waals surface area contributed by atoms with Crippen LogP contribution >= 0.6 is 0 Å². The first kappa shape index (κ1) is 11.7. The predicted octanol–water partition coefficient (Wildman–Crippen LogP) is 0.311. The van der Waals surface area contributed by atoms with Crippen LogP contribution < -0.4 is 5.32 Å². The van der Waals surface area contributed by atoms with Gasteiger partial charge in [0.1, 0.15) is 5.69 Å². The first-order valence-corrected chi connectivity index (χ1v) is 4.93. The summed E-state index contributed by atoms with van der Waals surface area (Å²) in [7, 11) is 1.80. The van der Waals surface area contributed by atoms with Crippen LogP contribution in [0.3, 0.4) is 0 Å². The van der Waals surface area contributed by atoms with Gasteiger partial charge < -0.3 is 15.0 Å². The van der Waals surface area contributed by atoms with Gasteiger partial charge in [0.25, 0.3) is 5.91 Å². The van der Waals surface area contributed by atoms with E-state index < -0.39 is 5.60 Å². The van der Waals surface area contributed by atoms with Crippen LogP contribution in [-0.4, -0.2) is 32.7 Å². The summed E-state index contributed by atoms with van der Waals surface area (Å²) in [5, 5.41) is 12.3. The van der Waals surface area contributed by atoms with E-state index in [1.54, 1.807) is 31.1 Å². The Morgan fingerprint density at radius 2 is 2.40 bits per heavy atom. The number of hydrogen-bond acceptors (Lipinski definition) is 3. The van der Waals surface area contributed by atoms with Gasteiger partial charge >= 0.3 is 0 Å². The van der Waals surface area contributed by atoms with Crippen LogP contribution in [0.4, 0.5) is 0 Å². The molecule has 0 saturated carbocycles. The lowest BCUT2D eigenvalue weighted by molar-refractivity contribution is 0.0517. The minimum absolute atomic E-state index is 0.235. The first-order chi connectivity index (χ1) is 6.94. The van der Waals surface area contributed by atoms with Gasteiger partial charge in [0.05, 0.1) is 11.9 Å². The number of hydrogen-bond donors (Lipinski definition) is 2. The van der Waals surface area contributed by atoms with E-state index in [2.05, 4.69) is 10.3 Å². The molecule has 0 spiro atoms. The zero-order chi connectivity index (χ0) is 11.5. The molecule has 0 bridgehead atoms. The maximum Gasteiger partial charge on any atom is 0.271 e. The van der Waals surface area contributed by atoms with Gasteiger partial charge in [-0.25, -0.2) is 4.98 Å². The Hall–Kier alpha value is -1.36. The topological polar surface area (TPSA) is 67.2 Å². The van der Waals surface area contributed by atoms with E-state index in [0.717, 1.165) is 0 Å². The van der Waals surface area contributed by atoms with Crippen molar-refractivity contribution in [1.82, 2.24) is 14.9 Å². The number of aromatic nitrogens is 2. The largest absolute Gasteiger partial charge is 0.388 e. The summed E-state index contributed by atoms with van der Waals surface area (Å²) in [5.74, 6) is -0.260. The van der Waals surface area contributed by atoms with Gasteiger partial charge in [-0.3, -0.25) is 4.79 Å². The Bertz CT molecular complexity index is 344. The molecule has 0 fully saturated rings. The van der Waals surface area contributed by atoms with Gasteiger partial charge in [0.15, 0.2) is 0 Å². The summed E-state index contributed by atoms with van der Waals surface area (Å²) in [4.78, 5) is 15.4. The van der Waals surface area contributed by atoms with E-state index in [0.29, 0.717) is 12.1 Å². The van der Waals surface area contributed by atoms with Gasteiger partial charge in [0, 0.05) is 19.8 Å². The molecular formula is C10H17N3O2. The minimum Gasteiger partial charge on any atom is -0.388 e. The third-order valence-electron chi connectivity index (χ3n) is 2.33. The zero-order valence-electron chi connectivity index (χ0n) is 9.32. The molecule has 1 amide bonds. The second-order valence-corrected chi connectivity index (χ2v) is 3.96. The Labute approximate surface area is 89.1 Å². The van der Waals surface area contributed by atoms with E-state index in [4.69, 9.17) is 0 Å². The number of aliphatic hydroxyl groups is 1. The fourth-order valence-electron chi connectivity index (χ4n) is 1.02. The van der Waals surface area contributed by atoms with Crippen LogP contribution in [-0.2, 0) is 7.05 Å². The lowest BCUT2D eigenvalue weighted by Gasteiger charge is -2.21. The summed E-state index contributed by atoms with van der Waals surface area (Å²) in [6, 6.07) is 0. The molecule has 15 heavy (non-hydrogen) atoms. The maximum atomic E-state index is 11.5. The smallest absolute Gasteiger partial charge is 0.271 e. The van der Waals surface area contributed by atoms with Crippen LogP contribution in [0, 0.1) is 0 Å². The monoisotopic (exact) mass is 211 g/mol. The molecule has 2 N–H and O–H groups in total. The fourth-order valence-corrected chi connectivity index (χ4v) is 1.02. The average Bonchev–Trinajstić information content (AvgIpc) is 2.61. The molecule has 1 heterocycles. The van der Waals surface area contributed by atoms with Gasteiger partial charge in [0.2, 0.25) is 0 Å². The Morgan fingerprint density at radius 3 is 2.87 bits per heavy atom. The first-order valence-electron chi connectivity index (χ1n) is 4.93. The molecule has 5 heteroatoms. The number of nitrogens with zero attached hydrogens (tertiary/aromatic N) is 2. The van der Waals surface area contributed by atoms with Crippen LogP contribution in [0.2, 0.25) is 0 Å². The zero-order valence-corrected chi connectivity index (χ0v) is 9.32. The van der Waals surface area contributed by atoms with Crippen molar-refractivity contribution in [2.75, 3.05) is 6.54 Å². The molecule has 1 aromatic heterocycles. The van der Waals surface area contributed by atoms with Crippen LogP contribution in [0.25, 0.3) is 0 Å². The standard InChI is InChI=1S/C10H17N3O2/c1-4-10(2,15)6-11-9(14)8-5-13(3)7-12-8/h5,7,15H,4,6H2,1-3H3,(H,11,14). The lowest BCUT2D eigenvalue weighted by atomic mass is 10.0. The molecule has 0 aliphatic carbocycles. The van der Waals surface area contributed by atoms with Crippen molar-refractivity contribution in [2.45, 2.75) is 25.9 Å². The van der Waals surface area contributed by atoms with Gasteiger partial charge in [-0.2, -0.15) is 0 Å². The average molecular weight is 211 g/mol. The molecule has 0 aliphatic rings. The van der Waals surface area contributed by atoms with E-state index in [-0.39, 0.29) is 12.5 Å². The third-order valence-corrected chi connectivity index (χ3v) is 2.33. The highest BCUT2D eigenvalue weighted by Crippen LogP contribution is 2.06. The quantitative estimate of drug-likeness (QED) is 0.753. The summed E-state index contributed by atoms with van der Waals surface area (Å²) in [6.07, 6.45) is 3.79. The second-order valence-electron chi connectivity index (χ2n) is 3.96. The van der Waals surface area contributed by atoms with Crippen molar-refractivity contribution in [3.05, 3.63) is 18.2 Å².